The molecular weight excluding hydrogens is 441 g/mol. The van der Waals surface area contributed by atoms with Gasteiger partial charge < -0.3 is 14.7 Å². The maximum absolute atomic E-state index is 4.91. The molecule has 3 rings (SSSR count). The quantitative estimate of drug-likeness (QED) is 0.415. The van der Waals surface area contributed by atoms with Crippen LogP contribution >= 0.6 is 24.0 Å². The van der Waals surface area contributed by atoms with Gasteiger partial charge >= 0.3 is 0 Å². The molecule has 26 heavy (non-hydrogen) atoms. The van der Waals surface area contributed by atoms with E-state index in [2.05, 4.69) is 58.4 Å². The largest absolute Gasteiger partial charge is 0.364 e. The lowest BCUT2D eigenvalue weighted by atomic mass is 10.1. The van der Waals surface area contributed by atoms with Gasteiger partial charge in [0.05, 0.1) is 12.2 Å². The predicted molar refractivity (Wildman–Crippen MR) is 115 cm³/mol. The second-order valence-electron chi connectivity index (χ2n) is 6.35. The first-order valence-corrected chi connectivity index (χ1v) is 8.95. The molecule has 2 heterocycles. The summed E-state index contributed by atoms with van der Waals surface area (Å²) in [6, 6.07) is 10.4. The summed E-state index contributed by atoms with van der Waals surface area (Å²) < 4.78 is 4.91. The summed E-state index contributed by atoms with van der Waals surface area (Å²) in [7, 11) is 0. The minimum Gasteiger partial charge on any atom is -0.364 e. The van der Waals surface area contributed by atoms with Gasteiger partial charge in [0.15, 0.2) is 5.96 Å². The van der Waals surface area contributed by atoms with E-state index in [0.29, 0.717) is 6.54 Å². The zero-order valence-corrected chi connectivity index (χ0v) is 17.8. The smallest absolute Gasteiger partial charge is 0.194 e. The van der Waals surface area contributed by atoms with Crippen molar-refractivity contribution in [3.8, 4) is 0 Å². The van der Waals surface area contributed by atoms with Gasteiger partial charge in [0.25, 0.3) is 0 Å². The third-order valence-electron chi connectivity index (χ3n) is 4.54. The molecule has 2 aromatic rings. The zero-order valence-electron chi connectivity index (χ0n) is 15.5. The van der Waals surface area contributed by atoms with E-state index >= 15 is 0 Å². The first-order chi connectivity index (χ1) is 12.3. The Hall–Kier alpha value is -1.61. The summed E-state index contributed by atoms with van der Waals surface area (Å²) in [5.41, 5.74) is 3.57. The maximum Gasteiger partial charge on any atom is 0.194 e. The molecule has 1 aliphatic rings. The van der Waals surface area contributed by atoms with E-state index in [1.807, 2.05) is 6.07 Å². The molecule has 1 fully saturated rings. The van der Waals surface area contributed by atoms with Crippen molar-refractivity contribution in [1.29, 1.82) is 0 Å². The Kier molecular flexibility index (Phi) is 8.37. The third kappa shape index (κ3) is 5.70. The summed E-state index contributed by atoms with van der Waals surface area (Å²) in [5.74, 6) is 1.01. The van der Waals surface area contributed by atoms with E-state index < -0.39 is 0 Å². The molecule has 0 amide bonds. The highest BCUT2D eigenvalue weighted by atomic mass is 127. The highest BCUT2D eigenvalue weighted by Gasteiger charge is 2.20. The van der Waals surface area contributed by atoms with Crippen LogP contribution in [0.2, 0.25) is 0 Å². The fourth-order valence-corrected chi connectivity index (χ4v) is 3.04. The number of aryl methyl sites for hydroxylation is 1. The molecule has 142 valence electrons. The van der Waals surface area contributed by atoms with Crippen LogP contribution in [0.25, 0.3) is 0 Å². The van der Waals surface area contributed by atoms with Gasteiger partial charge in [0, 0.05) is 45.3 Å². The Morgan fingerprint density at radius 1 is 1.19 bits per heavy atom. The van der Waals surface area contributed by atoms with Crippen molar-refractivity contribution in [1.82, 2.24) is 20.3 Å². The molecular formula is C19H28IN5O. The third-order valence-corrected chi connectivity index (χ3v) is 4.54. The number of hydrogen-bond donors (Lipinski definition) is 1. The number of guanidine groups is 1. The van der Waals surface area contributed by atoms with Gasteiger partial charge in [-0.15, -0.1) is 24.0 Å². The van der Waals surface area contributed by atoms with E-state index in [0.717, 1.165) is 50.9 Å². The topological polar surface area (TPSA) is 56.9 Å². The average Bonchev–Trinajstić information content (AvgIpc) is 3.14. The molecule has 0 spiro atoms. The Morgan fingerprint density at radius 2 is 1.96 bits per heavy atom. The van der Waals surface area contributed by atoms with Crippen LogP contribution in [-0.4, -0.2) is 53.6 Å². The van der Waals surface area contributed by atoms with Crippen molar-refractivity contribution < 1.29 is 4.52 Å². The van der Waals surface area contributed by atoms with Gasteiger partial charge in [-0.3, -0.25) is 4.90 Å². The number of nitrogens with one attached hydrogen (secondary N) is 1. The van der Waals surface area contributed by atoms with Crippen molar-refractivity contribution in [2.45, 2.75) is 26.9 Å². The van der Waals surface area contributed by atoms with Crippen LogP contribution in [0.3, 0.4) is 0 Å². The molecule has 0 saturated carbocycles. The number of benzene rings is 1. The molecule has 1 saturated heterocycles. The molecule has 1 aliphatic heterocycles. The summed E-state index contributed by atoms with van der Waals surface area (Å²) in [5, 5.41) is 7.43. The Balaban J connectivity index is 0.00000243. The van der Waals surface area contributed by atoms with E-state index in [4.69, 9.17) is 9.52 Å². The normalized spacial score (nSPS) is 15.6. The van der Waals surface area contributed by atoms with Gasteiger partial charge in [-0.1, -0.05) is 29.4 Å². The fourth-order valence-electron chi connectivity index (χ4n) is 3.04. The van der Waals surface area contributed by atoms with E-state index in [-0.39, 0.29) is 24.0 Å². The number of halogens is 1. The first-order valence-electron chi connectivity index (χ1n) is 8.95. The first kappa shape index (κ1) is 20.7. The van der Waals surface area contributed by atoms with E-state index in [9.17, 15) is 0 Å². The minimum atomic E-state index is 0. The molecule has 7 heteroatoms. The van der Waals surface area contributed by atoms with Crippen LogP contribution in [0, 0.1) is 6.92 Å². The molecule has 1 aromatic carbocycles. The molecule has 0 radical (unpaired) electrons. The van der Waals surface area contributed by atoms with Gasteiger partial charge in [0.1, 0.15) is 6.26 Å². The number of aliphatic imine (C=N–C) groups is 1. The lowest BCUT2D eigenvalue weighted by Crippen LogP contribution is -2.52. The van der Waals surface area contributed by atoms with Crippen LogP contribution in [-0.2, 0) is 13.1 Å². The number of piperazine rings is 1. The molecule has 0 atom stereocenters. The van der Waals surface area contributed by atoms with Gasteiger partial charge in [-0.2, -0.15) is 0 Å². The standard InChI is InChI=1S/C19H27N5O.HI/c1-3-20-19(21-14-17-7-5-4-6-16(17)2)24-11-9-23(10-12-24)15-18-8-13-25-22-18;/h4-8,13H,3,9-12,14-15H2,1-2H3,(H,20,21);1H. The van der Waals surface area contributed by atoms with E-state index in [1.54, 1.807) is 6.26 Å². The summed E-state index contributed by atoms with van der Waals surface area (Å²) in [6.45, 7) is 10.6. The van der Waals surface area contributed by atoms with E-state index in [1.165, 1.54) is 11.1 Å². The summed E-state index contributed by atoms with van der Waals surface area (Å²) >= 11 is 0. The van der Waals surface area contributed by atoms with Gasteiger partial charge in [-0.25, -0.2) is 4.99 Å². The highest BCUT2D eigenvalue weighted by molar-refractivity contribution is 14.0. The summed E-state index contributed by atoms with van der Waals surface area (Å²) in [4.78, 5) is 9.60. The molecule has 6 nitrogen and oxygen atoms in total. The summed E-state index contributed by atoms with van der Waals surface area (Å²) in [6.07, 6.45) is 1.63. The number of rotatable bonds is 5. The van der Waals surface area contributed by atoms with Crippen molar-refractivity contribution in [3.05, 3.63) is 53.4 Å². The van der Waals surface area contributed by atoms with Crippen molar-refractivity contribution >= 4 is 29.9 Å². The van der Waals surface area contributed by atoms with Crippen LogP contribution in [0.5, 0.6) is 0 Å². The SMILES string of the molecule is CCNC(=NCc1ccccc1C)N1CCN(Cc2ccon2)CC1.I. The fraction of sp³-hybridized carbons (Fsp3) is 0.474. The van der Waals surface area contributed by atoms with Gasteiger partial charge in [-0.05, 0) is 25.0 Å². The number of nitrogens with zero attached hydrogens (tertiary/aromatic N) is 4. The molecule has 1 aromatic heterocycles. The molecule has 0 aliphatic carbocycles. The maximum atomic E-state index is 4.91. The second-order valence-corrected chi connectivity index (χ2v) is 6.35. The molecule has 0 unspecified atom stereocenters. The van der Waals surface area contributed by atoms with Crippen molar-refractivity contribution in [3.63, 3.8) is 0 Å². The Labute approximate surface area is 172 Å². The Bertz CT molecular complexity index is 681. The zero-order chi connectivity index (χ0) is 17.5. The average molecular weight is 469 g/mol. The monoisotopic (exact) mass is 469 g/mol. The number of aromatic nitrogens is 1. The van der Waals surface area contributed by atoms with Crippen LogP contribution in [0.4, 0.5) is 0 Å². The lowest BCUT2D eigenvalue weighted by Gasteiger charge is -2.36. The molecule has 0 bridgehead atoms. The highest BCUT2D eigenvalue weighted by Crippen LogP contribution is 2.10. The second kappa shape index (κ2) is 10.5. The lowest BCUT2D eigenvalue weighted by molar-refractivity contribution is 0.169. The van der Waals surface area contributed by atoms with Gasteiger partial charge in [0.2, 0.25) is 0 Å². The van der Waals surface area contributed by atoms with Crippen molar-refractivity contribution in [2.75, 3.05) is 32.7 Å². The van der Waals surface area contributed by atoms with Crippen LogP contribution < -0.4 is 5.32 Å². The Morgan fingerprint density at radius 3 is 2.62 bits per heavy atom. The van der Waals surface area contributed by atoms with Crippen LogP contribution in [0.15, 0.2) is 46.1 Å². The van der Waals surface area contributed by atoms with Crippen LogP contribution in [0.1, 0.15) is 23.7 Å². The minimum absolute atomic E-state index is 0. The molecule has 1 N–H and O–H groups in total. The number of hydrogen-bond acceptors (Lipinski definition) is 4. The van der Waals surface area contributed by atoms with Crippen molar-refractivity contribution in [2.24, 2.45) is 4.99 Å². The predicted octanol–water partition coefficient (Wildman–Crippen LogP) is 2.88.